The van der Waals surface area contributed by atoms with Crippen LogP contribution in [0.15, 0.2) is 66.4 Å². The second kappa shape index (κ2) is 8.45. The van der Waals surface area contributed by atoms with Crippen molar-refractivity contribution in [2.24, 2.45) is 0 Å². The molecule has 1 aliphatic heterocycles. The van der Waals surface area contributed by atoms with Crippen LogP contribution in [0.4, 0.5) is 0 Å². The minimum atomic E-state index is -0.0958. The Morgan fingerprint density at radius 1 is 1.17 bits per heavy atom. The molecule has 0 radical (unpaired) electrons. The fourth-order valence-electron chi connectivity index (χ4n) is 3.65. The Hall–Kier alpha value is -3.18. The third kappa shape index (κ3) is 4.30. The molecule has 0 fully saturated rings. The molecule has 0 saturated carbocycles. The number of benzene rings is 2. The first-order valence-corrected chi connectivity index (χ1v) is 10.0. The molecular weight excluding hydrogens is 360 g/mol. The molecule has 1 amide bonds. The van der Waals surface area contributed by atoms with Crippen molar-refractivity contribution in [3.63, 3.8) is 0 Å². The van der Waals surface area contributed by atoms with E-state index in [1.165, 1.54) is 11.1 Å². The van der Waals surface area contributed by atoms with Gasteiger partial charge < -0.3 is 10.6 Å². The average molecular weight is 386 g/mol. The van der Waals surface area contributed by atoms with E-state index in [-0.39, 0.29) is 5.91 Å². The fourth-order valence-corrected chi connectivity index (χ4v) is 3.65. The summed E-state index contributed by atoms with van der Waals surface area (Å²) in [5.74, 6) is -0.0958. The highest BCUT2D eigenvalue weighted by Crippen LogP contribution is 2.27. The summed E-state index contributed by atoms with van der Waals surface area (Å²) in [5, 5.41) is 11.2. The number of hydrogen-bond acceptors (Lipinski definition) is 3. The standard InChI is InChI=1S/C24H26N4O/c1-17-8-9-21(18(2)14-17)23-22(16-28(27-23)20-6-4-3-5-7-20)24(29)26-15-19-10-12-25-13-11-19/h3-10,14,16,25H,11-13,15H2,1-2H3,(H,26,29). The molecule has 1 aromatic heterocycles. The van der Waals surface area contributed by atoms with E-state index in [0.29, 0.717) is 17.8 Å². The van der Waals surface area contributed by atoms with Gasteiger partial charge in [0.05, 0.1) is 11.3 Å². The second-order valence-corrected chi connectivity index (χ2v) is 7.49. The number of nitrogens with zero attached hydrogens (tertiary/aromatic N) is 2. The molecular formula is C24H26N4O. The molecule has 29 heavy (non-hydrogen) atoms. The summed E-state index contributed by atoms with van der Waals surface area (Å²) in [5.41, 5.74) is 6.78. The average Bonchev–Trinajstić information content (AvgIpc) is 3.19. The topological polar surface area (TPSA) is 59.0 Å². The quantitative estimate of drug-likeness (QED) is 0.656. The molecule has 0 spiro atoms. The highest BCUT2D eigenvalue weighted by molar-refractivity contribution is 6.00. The minimum absolute atomic E-state index is 0.0958. The Labute approximate surface area is 171 Å². The number of carbonyl (C=O) groups excluding carboxylic acids is 1. The molecule has 5 nitrogen and oxygen atoms in total. The SMILES string of the molecule is Cc1ccc(-c2nn(-c3ccccc3)cc2C(=O)NCC2=CCNCC2)c(C)c1. The van der Waals surface area contributed by atoms with Crippen molar-refractivity contribution in [2.75, 3.05) is 19.6 Å². The van der Waals surface area contributed by atoms with Gasteiger partial charge in [0.2, 0.25) is 0 Å². The molecule has 2 aromatic carbocycles. The maximum absolute atomic E-state index is 13.1. The van der Waals surface area contributed by atoms with Gasteiger partial charge in [0.15, 0.2) is 0 Å². The van der Waals surface area contributed by atoms with E-state index in [2.05, 4.69) is 48.8 Å². The first kappa shape index (κ1) is 19.2. The van der Waals surface area contributed by atoms with Gasteiger partial charge in [-0.1, -0.05) is 53.6 Å². The summed E-state index contributed by atoms with van der Waals surface area (Å²) in [6.07, 6.45) is 4.95. The summed E-state index contributed by atoms with van der Waals surface area (Å²) in [6.45, 7) is 6.53. The molecule has 0 saturated heterocycles. The van der Waals surface area contributed by atoms with Gasteiger partial charge in [0.25, 0.3) is 5.91 Å². The molecule has 5 heteroatoms. The third-order valence-corrected chi connectivity index (χ3v) is 5.25. The van der Waals surface area contributed by atoms with Gasteiger partial charge in [0.1, 0.15) is 5.69 Å². The van der Waals surface area contributed by atoms with Gasteiger partial charge in [-0.3, -0.25) is 4.79 Å². The van der Waals surface area contributed by atoms with E-state index in [0.717, 1.165) is 36.3 Å². The number of para-hydroxylation sites is 1. The van der Waals surface area contributed by atoms with Crippen LogP contribution in [0.1, 0.15) is 27.9 Å². The smallest absolute Gasteiger partial charge is 0.255 e. The van der Waals surface area contributed by atoms with Crippen LogP contribution in [0.3, 0.4) is 0 Å². The normalized spacial score (nSPS) is 13.8. The number of rotatable bonds is 5. The lowest BCUT2D eigenvalue weighted by molar-refractivity contribution is 0.0957. The molecule has 0 atom stereocenters. The van der Waals surface area contributed by atoms with Crippen LogP contribution in [0.25, 0.3) is 16.9 Å². The number of hydrogen-bond donors (Lipinski definition) is 2. The Morgan fingerprint density at radius 3 is 2.72 bits per heavy atom. The molecule has 0 unspecified atom stereocenters. The van der Waals surface area contributed by atoms with Crippen molar-refractivity contribution in [2.45, 2.75) is 20.3 Å². The fraction of sp³-hybridized carbons (Fsp3) is 0.250. The van der Waals surface area contributed by atoms with Gasteiger partial charge in [-0.15, -0.1) is 0 Å². The van der Waals surface area contributed by atoms with Gasteiger partial charge in [0, 0.05) is 24.8 Å². The summed E-state index contributed by atoms with van der Waals surface area (Å²) in [7, 11) is 0. The first-order valence-electron chi connectivity index (χ1n) is 10.0. The molecule has 0 bridgehead atoms. The van der Waals surface area contributed by atoms with E-state index in [1.807, 2.05) is 36.5 Å². The summed E-state index contributed by atoms with van der Waals surface area (Å²) in [6, 6.07) is 16.1. The highest BCUT2D eigenvalue weighted by Gasteiger charge is 2.20. The predicted molar refractivity (Wildman–Crippen MR) is 116 cm³/mol. The molecule has 4 rings (SSSR count). The lowest BCUT2D eigenvalue weighted by Gasteiger charge is -2.14. The van der Waals surface area contributed by atoms with Crippen molar-refractivity contribution < 1.29 is 4.79 Å². The monoisotopic (exact) mass is 386 g/mol. The van der Waals surface area contributed by atoms with E-state index < -0.39 is 0 Å². The van der Waals surface area contributed by atoms with Crippen LogP contribution in [-0.2, 0) is 0 Å². The second-order valence-electron chi connectivity index (χ2n) is 7.49. The Bertz CT molecular complexity index is 1050. The largest absolute Gasteiger partial charge is 0.348 e. The van der Waals surface area contributed by atoms with Crippen LogP contribution in [0.5, 0.6) is 0 Å². The van der Waals surface area contributed by atoms with Crippen molar-refractivity contribution in [1.29, 1.82) is 0 Å². The zero-order chi connectivity index (χ0) is 20.2. The van der Waals surface area contributed by atoms with Crippen molar-refractivity contribution in [3.05, 3.63) is 83.1 Å². The third-order valence-electron chi connectivity index (χ3n) is 5.25. The van der Waals surface area contributed by atoms with Crippen molar-refractivity contribution in [1.82, 2.24) is 20.4 Å². The summed E-state index contributed by atoms with van der Waals surface area (Å²) < 4.78 is 1.79. The van der Waals surface area contributed by atoms with Crippen LogP contribution >= 0.6 is 0 Å². The number of amides is 1. The van der Waals surface area contributed by atoms with E-state index in [1.54, 1.807) is 4.68 Å². The van der Waals surface area contributed by atoms with E-state index >= 15 is 0 Å². The van der Waals surface area contributed by atoms with Crippen LogP contribution < -0.4 is 10.6 Å². The number of aromatic nitrogens is 2. The van der Waals surface area contributed by atoms with Gasteiger partial charge in [-0.05, 0) is 44.5 Å². The first-order chi connectivity index (χ1) is 14.1. The van der Waals surface area contributed by atoms with E-state index in [4.69, 9.17) is 5.10 Å². The number of aryl methyl sites for hydroxylation is 2. The van der Waals surface area contributed by atoms with E-state index in [9.17, 15) is 4.79 Å². The predicted octanol–water partition coefficient (Wildman–Crippen LogP) is 3.81. The molecule has 148 valence electrons. The van der Waals surface area contributed by atoms with Gasteiger partial charge in [-0.25, -0.2) is 4.68 Å². The highest BCUT2D eigenvalue weighted by atomic mass is 16.1. The molecule has 3 aromatic rings. The Morgan fingerprint density at radius 2 is 2.00 bits per heavy atom. The van der Waals surface area contributed by atoms with Crippen molar-refractivity contribution in [3.8, 4) is 16.9 Å². The molecule has 2 heterocycles. The summed E-state index contributed by atoms with van der Waals surface area (Å²) >= 11 is 0. The van der Waals surface area contributed by atoms with Gasteiger partial charge >= 0.3 is 0 Å². The number of nitrogens with one attached hydrogen (secondary N) is 2. The lowest BCUT2D eigenvalue weighted by Crippen LogP contribution is -2.29. The zero-order valence-electron chi connectivity index (χ0n) is 16.9. The van der Waals surface area contributed by atoms with Gasteiger partial charge in [-0.2, -0.15) is 5.10 Å². The molecule has 1 aliphatic rings. The number of carbonyl (C=O) groups is 1. The molecule has 0 aliphatic carbocycles. The van der Waals surface area contributed by atoms with Crippen LogP contribution in [-0.4, -0.2) is 35.3 Å². The summed E-state index contributed by atoms with van der Waals surface area (Å²) in [4.78, 5) is 13.1. The van der Waals surface area contributed by atoms with Crippen LogP contribution in [0, 0.1) is 13.8 Å². The van der Waals surface area contributed by atoms with Crippen molar-refractivity contribution >= 4 is 5.91 Å². The lowest BCUT2D eigenvalue weighted by atomic mass is 10.0. The Balaban J connectivity index is 1.69. The van der Waals surface area contributed by atoms with Crippen LogP contribution in [0.2, 0.25) is 0 Å². The Kier molecular flexibility index (Phi) is 5.58. The maximum atomic E-state index is 13.1. The zero-order valence-corrected chi connectivity index (χ0v) is 16.9. The molecule has 2 N–H and O–H groups in total. The minimum Gasteiger partial charge on any atom is -0.348 e. The maximum Gasteiger partial charge on any atom is 0.255 e.